The molecule has 1 aromatic heterocycles. The Hall–Kier alpha value is -2.75. The monoisotopic (exact) mass is 447 g/mol. The van der Waals surface area contributed by atoms with E-state index >= 15 is 0 Å². The molecule has 0 aliphatic carbocycles. The number of rotatable bonds is 5. The van der Waals surface area contributed by atoms with Crippen molar-refractivity contribution < 1.29 is 22.7 Å². The number of morpholine rings is 1. The van der Waals surface area contributed by atoms with Gasteiger partial charge in [-0.05, 0) is 12.1 Å². The van der Waals surface area contributed by atoms with Crippen LogP contribution in [0.2, 0.25) is 0 Å². The molecule has 0 bridgehead atoms. The summed E-state index contributed by atoms with van der Waals surface area (Å²) in [5.41, 5.74) is 0.205. The van der Waals surface area contributed by atoms with Crippen LogP contribution < -0.4 is 5.32 Å². The third-order valence-corrected chi connectivity index (χ3v) is 5.87. The van der Waals surface area contributed by atoms with Crippen LogP contribution in [0.4, 0.5) is 18.3 Å². The lowest BCUT2D eigenvalue weighted by Crippen LogP contribution is -2.35. The number of halogens is 3. The van der Waals surface area contributed by atoms with E-state index in [0.29, 0.717) is 19.8 Å². The Morgan fingerprint density at radius 3 is 2.45 bits per heavy atom. The summed E-state index contributed by atoms with van der Waals surface area (Å²) in [4.78, 5) is 20.4. The molecule has 9 heteroatoms. The van der Waals surface area contributed by atoms with Crippen LogP contribution in [0.1, 0.15) is 20.8 Å². The molecule has 4 rings (SSSR count). The van der Waals surface area contributed by atoms with Crippen LogP contribution in [0, 0.1) is 0 Å². The van der Waals surface area contributed by atoms with E-state index in [1.54, 1.807) is 0 Å². The van der Waals surface area contributed by atoms with Crippen LogP contribution >= 0.6 is 11.3 Å². The molecule has 0 radical (unpaired) electrons. The van der Waals surface area contributed by atoms with Gasteiger partial charge in [-0.1, -0.05) is 53.8 Å². The molecule has 2 heterocycles. The summed E-state index contributed by atoms with van der Waals surface area (Å²) < 4.78 is 45.3. The lowest BCUT2D eigenvalue weighted by molar-refractivity contribution is -0.137. The van der Waals surface area contributed by atoms with Crippen LogP contribution in [0.25, 0.3) is 11.3 Å². The average molecular weight is 447 g/mol. The first kappa shape index (κ1) is 21.5. The number of ether oxygens (including phenoxy) is 1. The first-order chi connectivity index (χ1) is 14.9. The van der Waals surface area contributed by atoms with Gasteiger partial charge in [-0.2, -0.15) is 13.2 Å². The summed E-state index contributed by atoms with van der Waals surface area (Å²) in [6.45, 7) is 3.49. The maximum atomic E-state index is 13.3. The van der Waals surface area contributed by atoms with Crippen LogP contribution in [0.15, 0.2) is 54.6 Å². The number of anilines is 1. The summed E-state index contributed by atoms with van der Waals surface area (Å²) in [5, 5.41) is 2.83. The minimum Gasteiger partial charge on any atom is -0.379 e. The second-order valence-corrected chi connectivity index (χ2v) is 8.13. The molecule has 162 valence electrons. The Morgan fingerprint density at radius 1 is 1.06 bits per heavy atom. The van der Waals surface area contributed by atoms with Crippen molar-refractivity contribution in [2.75, 3.05) is 31.6 Å². The molecule has 1 amide bonds. The number of nitrogens with zero attached hydrogens (tertiary/aromatic N) is 2. The highest BCUT2D eigenvalue weighted by molar-refractivity contribution is 7.16. The Bertz CT molecular complexity index is 1050. The van der Waals surface area contributed by atoms with Crippen LogP contribution in [-0.4, -0.2) is 42.1 Å². The molecule has 0 spiro atoms. The minimum atomic E-state index is -4.62. The molecule has 3 aromatic rings. The molecule has 1 fully saturated rings. The van der Waals surface area contributed by atoms with Crippen molar-refractivity contribution in [2.24, 2.45) is 0 Å². The summed E-state index contributed by atoms with van der Waals surface area (Å²) in [6.07, 6.45) is -4.62. The van der Waals surface area contributed by atoms with Gasteiger partial charge >= 0.3 is 6.18 Å². The standard InChI is InChI=1S/C22H20F3N3O2S/c23-22(24,25)17-9-5-4-8-16(17)20(29)27-21-26-19(15-6-2-1-3-7-15)18(31-21)14-28-10-12-30-13-11-28/h1-9H,10-14H2,(H,26,27,29). The van der Waals surface area contributed by atoms with Gasteiger partial charge in [-0.25, -0.2) is 4.98 Å². The quantitative estimate of drug-likeness (QED) is 0.604. The molecule has 0 unspecified atom stereocenters. The first-order valence-electron chi connectivity index (χ1n) is 9.74. The zero-order chi connectivity index (χ0) is 21.8. The number of carbonyl (C=O) groups excluding carboxylic acids is 1. The minimum absolute atomic E-state index is 0.268. The second kappa shape index (κ2) is 9.17. The molecule has 31 heavy (non-hydrogen) atoms. The molecule has 2 aromatic carbocycles. The zero-order valence-electron chi connectivity index (χ0n) is 16.5. The smallest absolute Gasteiger partial charge is 0.379 e. The van der Waals surface area contributed by atoms with Gasteiger partial charge in [0.1, 0.15) is 0 Å². The Kier molecular flexibility index (Phi) is 6.35. The lowest BCUT2D eigenvalue weighted by atomic mass is 10.1. The largest absolute Gasteiger partial charge is 0.417 e. The fraction of sp³-hybridized carbons (Fsp3) is 0.273. The van der Waals surface area contributed by atoms with E-state index in [0.717, 1.165) is 35.3 Å². The molecule has 0 atom stereocenters. The summed E-state index contributed by atoms with van der Waals surface area (Å²) >= 11 is 1.28. The highest BCUT2D eigenvalue weighted by atomic mass is 32.1. The fourth-order valence-electron chi connectivity index (χ4n) is 3.39. The SMILES string of the molecule is O=C(Nc1nc(-c2ccccc2)c(CN2CCOCC2)s1)c1ccccc1C(F)(F)F. The maximum Gasteiger partial charge on any atom is 0.417 e. The van der Waals surface area contributed by atoms with Crippen molar-refractivity contribution in [3.05, 3.63) is 70.6 Å². The van der Waals surface area contributed by atoms with E-state index in [4.69, 9.17) is 4.74 Å². The molecule has 5 nitrogen and oxygen atoms in total. The number of alkyl halides is 3. The van der Waals surface area contributed by atoms with E-state index in [1.165, 1.54) is 29.5 Å². The number of aromatic nitrogens is 1. The van der Waals surface area contributed by atoms with Gasteiger partial charge < -0.3 is 4.74 Å². The third-order valence-electron chi connectivity index (χ3n) is 4.91. The van der Waals surface area contributed by atoms with E-state index < -0.39 is 23.2 Å². The molecule has 0 saturated carbocycles. The fourth-order valence-corrected chi connectivity index (χ4v) is 4.41. The summed E-state index contributed by atoms with van der Waals surface area (Å²) in [7, 11) is 0. The van der Waals surface area contributed by atoms with Gasteiger partial charge in [0.25, 0.3) is 5.91 Å². The predicted octanol–water partition coefficient (Wildman–Crippen LogP) is 4.91. The van der Waals surface area contributed by atoms with Gasteiger partial charge in [-0.15, -0.1) is 0 Å². The molecule has 1 N–H and O–H groups in total. The first-order valence-corrected chi connectivity index (χ1v) is 10.6. The van der Waals surface area contributed by atoms with Crippen LogP contribution in [0.5, 0.6) is 0 Å². The predicted molar refractivity (Wildman–Crippen MR) is 113 cm³/mol. The molecular weight excluding hydrogens is 427 g/mol. The Morgan fingerprint density at radius 2 is 1.74 bits per heavy atom. The summed E-state index contributed by atoms with van der Waals surface area (Å²) in [5.74, 6) is -0.834. The maximum absolute atomic E-state index is 13.3. The number of carbonyl (C=O) groups is 1. The van der Waals surface area contributed by atoms with Crippen molar-refractivity contribution in [3.63, 3.8) is 0 Å². The molecule has 1 saturated heterocycles. The number of thiazole rings is 1. The van der Waals surface area contributed by atoms with E-state index in [1.807, 2.05) is 30.3 Å². The average Bonchev–Trinajstić information content (AvgIpc) is 3.16. The molecule has 1 aliphatic rings. The molecule has 1 aliphatic heterocycles. The highest BCUT2D eigenvalue weighted by Crippen LogP contribution is 2.34. The Labute approximate surface area is 181 Å². The number of amides is 1. The van der Waals surface area contributed by atoms with Gasteiger partial charge in [0.2, 0.25) is 0 Å². The van der Waals surface area contributed by atoms with E-state index in [2.05, 4.69) is 15.2 Å². The van der Waals surface area contributed by atoms with Gasteiger partial charge in [-0.3, -0.25) is 15.0 Å². The normalized spacial score (nSPS) is 15.1. The number of nitrogens with one attached hydrogen (secondary N) is 1. The van der Waals surface area contributed by atoms with Crippen molar-refractivity contribution in [1.82, 2.24) is 9.88 Å². The van der Waals surface area contributed by atoms with Gasteiger partial charge in [0.15, 0.2) is 5.13 Å². The van der Waals surface area contributed by atoms with Crippen molar-refractivity contribution in [2.45, 2.75) is 12.7 Å². The number of hydrogen-bond acceptors (Lipinski definition) is 5. The van der Waals surface area contributed by atoms with E-state index in [-0.39, 0.29) is 5.13 Å². The topological polar surface area (TPSA) is 54.5 Å². The van der Waals surface area contributed by atoms with Crippen molar-refractivity contribution in [1.29, 1.82) is 0 Å². The van der Waals surface area contributed by atoms with E-state index in [9.17, 15) is 18.0 Å². The van der Waals surface area contributed by atoms with Crippen LogP contribution in [-0.2, 0) is 17.5 Å². The van der Waals surface area contributed by atoms with Gasteiger partial charge in [0.05, 0.1) is 30.0 Å². The van der Waals surface area contributed by atoms with Crippen LogP contribution in [0.3, 0.4) is 0 Å². The molecular formula is C22H20F3N3O2S. The third kappa shape index (κ3) is 5.12. The lowest BCUT2D eigenvalue weighted by Gasteiger charge is -2.26. The number of benzene rings is 2. The summed E-state index contributed by atoms with van der Waals surface area (Å²) in [6, 6.07) is 14.3. The van der Waals surface area contributed by atoms with Crippen molar-refractivity contribution >= 4 is 22.4 Å². The zero-order valence-corrected chi connectivity index (χ0v) is 17.3. The Balaban J connectivity index is 1.62. The van der Waals surface area contributed by atoms with Gasteiger partial charge in [0, 0.05) is 30.1 Å². The number of hydrogen-bond donors (Lipinski definition) is 1. The highest BCUT2D eigenvalue weighted by Gasteiger charge is 2.35. The van der Waals surface area contributed by atoms with Crippen molar-refractivity contribution in [3.8, 4) is 11.3 Å². The second-order valence-electron chi connectivity index (χ2n) is 7.04.